The monoisotopic (exact) mass is 462 g/mol. The summed E-state index contributed by atoms with van der Waals surface area (Å²) in [5.74, 6) is -0.667. The first-order chi connectivity index (χ1) is 14.9. The average molecular weight is 463 g/mol. The Hall–Kier alpha value is 0.0238. The normalized spacial score (nSPS) is 18.8. The van der Waals surface area contributed by atoms with Crippen molar-refractivity contribution in [2.24, 2.45) is 0 Å². The molecule has 0 fully saturated rings. The van der Waals surface area contributed by atoms with Crippen molar-refractivity contribution in [3.63, 3.8) is 0 Å². The number of rotatable bonds is 14. The molecule has 0 aromatic heterocycles. The van der Waals surface area contributed by atoms with Crippen molar-refractivity contribution in [2.75, 3.05) is 0 Å². The first-order valence-corrected chi connectivity index (χ1v) is 17.6. The molecule has 0 aliphatic carbocycles. The van der Waals surface area contributed by atoms with Crippen molar-refractivity contribution in [1.82, 2.24) is 0 Å². The highest BCUT2D eigenvalue weighted by Crippen LogP contribution is 2.39. The van der Waals surface area contributed by atoms with Crippen LogP contribution >= 0.6 is 0 Å². The van der Waals surface area contributed by atoms with Crippen LogP contribution in [0.5, 0.6) is 0 Å². The summed E-state index contributed by atoms with van der Waals surface area (Å²) in [5, 5.41) is 0.0792. The van der Waals surface area contributed by atoms with E-state index in [2.05, 4.69) is 67.7 Å². The second-order valence-corrected chi connectivity index (χ2v) is 21.3. The summed E-state index contributed by atoms with van der Waals surface area (Å²) < 4.78 is 46.6. The van der Waals surface area contributed by atoms with Gasteiger partial charge in [0.05, 0.1) is 0 Å². The predicted octanol–water partition coefficient (Wildman–Crippen LogP) is 8.50. The Morgan fingerprint density at radius 3 is 1.87 bits per heavy atom. The summed E-state index contributed by atoms with van der Waals surface area (Å²) >= 11 is 0. The van der Waals surface area contributed by atoms with E-state index in [0.717, 1.165) is 6.42 Å². The van der Waals surface area contributed by atoms with Gasteiger partial charge in [0.15, 0.2) is 16.6 Å². The van der Waals surface area contributed by atoms with E-state index in [9.17, 15) is 4.79 Å². The van der Waals surface area contributed by atoms with Crippen molar-refractivity contribution in [2.45, 2.75) is 155 Å². The van der Waals surface area contributed by atoms with Gasteiger partial charge < -0.3 is 8.85 Å². The molecule has 5 heteroatoms. The molecule has 0 N–H and O–H groups in total. The van der Waals surface area contributed by atoms with Gasteiger partial charge in [-0.25, -0.2) is 0 Å². The van der Waals surface area contributed by atoms with E-state index in [0.29, 0.717) is 19.3 Å². The maximum Gasteiger partial charge on any atom is 0.192 e. The quantitative estimate of drug-likeness (QED) is 0.243. The zero-order chi connectivity index (χ0) is 27.4. The molecule has 30 heavy (non-hydrogen) atoms. The third kappa shape index (κ3) is 11.1. The Bertz CT molecular complexity index is 654. The maximum absolute atomic E-state index is 12.8. The number of carbonyl (C=O) groups is 1. The van der Waals surface area contributed by atoms with Crippen molar-refractivity contribution < 1.29 is 19.1 Å². The molecule has 0 aliphatic rings. The van der Waals surface area contributed by atoms with E-state index >= 15 is 0 Å². The Kier molecular flexibility index (Phi) is 9.52. The largest absolute Gasteiger partial charge is 0.414 e. The molecule has 0 amide bonds. The molecule has 0 aliphatic heterocycles. The first kappa shape index (κ1) is 23.2. The summed E-state index contributed by atoms with van der Waals surface area (Å²) in [6.45, 7) is 25.6. The number of Topliss-reactive ketones (excluding diaryl/α,β-unsaturated/α-hetero) is 1. The fraction of sp³-hybridized carbons (Fsp3) is 0.960. The van der Waals surface area contributed by atoms with Crippen LogP contribution in [0.1, 0.15) is 112 Å². The standard InChI is InChI=1S/C25H54O3Si2/c1-13-16-23(28-30(11,12)25(6,7)8)20-15-19-22(26)18-14-17-21(2)27-29(9,10)24(3,4)5/h21,23H,13-20H2,1-12H3/t21-,23-/m0/s1/i15D2,19D2. The Labute approximate surface area is 197 Å². The molecule has 2 atom stereocenters. The van der Waals surface area contributed by atoms with Crippen LogP contribution in [0.2, 0.25) is 36.3 Å². The van der Waals surface area contributed by atoms with Crippen LogP contribution < -0.4 is 0 Å². The van der Waals surface area contributed by atoms with Crippen LogP contribution in [0.3, 0.4) is 0 Å². The van der Waals surface area contributed by atoms with E-state index < -0.39 is 41.3 Å². The van der Waals surface area contributed by atoms with E-state index in [-0.39, 0.29) is 29.0 Å². The van der Waals surface area contributed by atoms with E-state index in [1.165, 1.54) is 0 Å². The zero-order valence-corrected chi connectivity index (χ0v) is 24.1. The van der Waals surface area contributed by atoms with Gasteiger partial charge >= 0.3 is 0 Å². The maximum atomic E-state index is 12.8. The number of ketones is 1. The van der Waals surface area contributed by atoms with Gasteiger partial charge in [-0.2, -0.15) is 0 Å². The van der Waals surface area contributed by atoms with Crippen LogP contribution in [0.4, 0.5) is 0 Å². The Morgan fingerprint density at radius 1 is 0.900 bits per heavy atom. The molecule has 0 saturated carbocycles. The lowest BCUT2D eigenvalue weighted by molar-refractivity contribution is -0.119. The average Bonchev–Trinajstić information content (AvgIpc) is 2.58. The molecule has 0 heterocycles. The van der Waals surface area contributed by atoms with Gasteiger partial charge in [0.1, 0.15) is 5.78 Å². The highest BCUT2D eigenvalue weighted by molar-refractivity contribution is 6.74. The fourth-order valence-corrected chi connectivity index (χ4v) is 5.60. The molecular weight excluding hydrogens is 404 g/mol. The molecule has 0 unspecified atom stereocenters. The molecular formula is C25H54O3Si2. The van der Waals surface area contributed by atoms with E-state index in [4.69, 9.17) is 14.3 Å². The topological polar surface area (TPSA) is 35.5 Å². The van der Waals surface area contributed by atoms with Gasteiger partial charge in [-0.15, -0.1) is 0 Å². The van der Waals surface area contributed by atoms with Gasteiger partial charge in [0.25, 0.3) is 0 Å². The van der Waals surface area contributed by atoms with Crippen LogP contribution in [0, 0.1) is 0 Å². The number of hydrogen-bond acceptors (Lipinski definition) is 3. The van der Waals surface area contributed by atoms with Gasteiger partial charge in [-0.05, 0) is 75.2 Å². The SMILES string of the molecule is [2H]C([2H])(C[C@H](CCC)O[Si](C)(C)C(C)(C)C)C([2H])([2H])C(=O)CCC[C@H](C)O[Si](C)(C)C(C)(C)C. The van der Waals surface area contributed by atoms with E-state index in [1.54, 1.807) is 0 Å². The van der Waals surface area contributed by atoms with Crippen LogP contribution in [-0.2, 0) is 13.6 Å². The van der Waals surface area contributed by atoms with Gasteiger partial charge in [-0.3, -0.25) is 4.79 Å². The molecule has 0 saturated heterocycles. The first-order valence-electron chi connectivity index (χ1n) is 13.8. The molecule has 180 valence electrons. The molecule has 3 nitrogen and oxygen atoms in total. The third-order valence-electron chi connectivity index (χ3n) is 6.75. The molecule has 0 aromatic carbocycles. The smallest absolute Gasteiger partial charge is 0.192 e. The molecule has 0 rings (SSSR count). The summed E-state index contributed by atoms with van der Waals surface area (Å²) in [6.07, 6.45) is -2.75. The minimum Gasteiger partial charge on any atom is -0.414 e. The number of carbonyl (C=O) groups excluding carboxylic acids is 1. The summed E-state index contributed by atoms with van der Waals surface area (Å²) in [5.41, 5.74) is 0. The highest BCUT2D eigenvalue weighted by atomic mass is 28.4. The van der Waals surface area contributed by atoms with Gasteiger partial charge in [-0.1, -0.05) is 54.9 Å². The lowest BCUT2D eigenvalue weighted by Gasteiger charge is -2.39. The van der Waals surface area contributed by atoms with Crippen molar-refractivity contribution in [3.05, 3.63) is 0 Å². The molecule has 0 spiro atoms. The fourth-order valence-electron chi connectivity index (χ4n) is 2.73. The Morgan fingerprint density at radius 2 is 1.40 bits per heavy atom. The lowest BCUT2D eigenvalue weighted by Crippen LogP contribution is -2.44. The predicted molar refractivity (Wildman–Crippen MR) is 137 cm³/mol. The van der Waals surface area contributed by atoms with Crippen LogP contribution in [0.25, 0.3) is 0 Å². The molecule has 0 bridgehead atoms. The highest BCUT2D eigenvalue weighted by Gasteiger charge is 2.39. The molecule has 0 aromatic rings. The Balaban J connectivity index is 5.18. The zero-order valence-electron chi connectivity index (χ0n) is 26.1. The summed E-state index contributed by atoms with van der Waals surface area (Å²) in [7, 11) is -4.04. The van der Waals surface area contributed by atoms with E-state index in [1.807, 2.05) is 13.8 Å². The minimum absolute atomic E-state index is 0.0109. The van der Waals surface area contributed by atoms with Crippen LogP contribution in [-0.4, -0.2) is 34.6 Å². The molecule has 0 radical (unpaired) electrons. The lowest BCUT2D eigenvalue weighted by atomic mass is 10.0. The second-order valence-electron chi connectivity index (χ2n) is 11.8. The van der Waals surface area contributed by atoms with Crippen molar-refractivity contribution >= 4 is 22.4 Å². The third-order valence-corrected chi connectivity index (χ3v) is 15.9. The second kappa shape index (κ2) is 12.3. The summed E-state index contributed by atoms with van der Waals surface area (Å²) in [4.78, 5) is 12.8. The van der Waals surface area contributed by atoms with Gasteiger partial charge in [0.2, 0.25) is 0 Å². The van der Waals surface area contributed by atoms with Crippen molar-refractivity contribution in [1.29, 1.82) is 0 Å². The summed E-state index contributed by atoms with van der Waals surface area (Å²) in [6, 6.07) is 0. The van der Waals surface area contributed by atoms with Gasteiger partial charge in [0, 0.05) is 30.5 Å². The van der Waals surface area contributed by atoms with Crippen LogP contribution in [0.15, 0.2) is 0 Å². The minimum atomic E-state index is -2.56. The van der Waals surface area contributed by atoms with Crippen molar-refractivity contribution in [3.8, 4) is 0 Å². The number of hydrogen-bond donors (Lipinski definition) is 0.